The summed E-state index contributed by atoms with van der Waals surface area (Å²) in [6, 6.07) is 15.2. The molecule has 3 aromatic carbocycles. The molecule has 0 fully saturated rings. The molecule has 0 aliphatic heterocycles. The van der Waals surface area contributed by atoms with Crippen LogP contribution in [-0.2, 0) is 7.05 Å². The number of hydrogen-bond donors (Lipinski definition) is 0. The van der Waals surface area contributed by atoms with E-state index in [2.05, 4.69) is 26.8 Å². The fourth-order valence-corrected chi connectivity index (χ4v) is 4.77. The third-order valence-electron chi connectivity index (χ3n) is 5.92. The van der Waals surface area contributed by atoms with E-state index in [0.717, 1.165) is 49.2 Å². The number of fused-ring (bicyclic) bond motifs is 5. The molecule has 4 heteroatoms. The normalized spacial score (nSPS) is 12.1. The van der Waals surface area contributed by atoms with Gasteiger partial charge in [0.2, 0.25) is 5.52 Å². The van der Waals surface area contributed by atoms with E-state index >= 15 is 0 Å². The van der Waals surface area contributed by atoms with Crippen molar-refractivity contribution in [2.24, 2.45) is 7.05 Å². The smallest absolute Gasteiger partial charge is 0.224 e. The Labute approximate surface area is 160 Å². The van der Waals surface area contributed by atoms with Gasteiger partial charge in [0, 0.05) is 16.8 Å². The van der Waals surface area contributed by atoms with Gasteiger partial charge in [-0.2, -0.15) is 0 Å². The van der Waals surface area contributed by atoms with E-state index in [1.165, 1.54) is 6.07 Å². The minimum Gasteiger partial charge on any atom is -0.309 e. The second-order valence-electron chi connectivity index (χ2n) is 7.44. The quantitative estimate of drug-likeness (QED) is 0.140. The highest BCUT2D eigenvalue weighted by molar-refractivity contribution is 6.26. The lowest BCUT2D eigenvalue weighted by molar-refractivity contribution is -0.643. The zero-order valence-corrected chi connectivity index (χ0v) is 15.4. The van der Waals surface area contributed by atoms with Crippen LogP contribution >= 0.6 is 0 Å². The van der Waals surface area contributed by atoms with Crippen molar-refractivity contribution in [1.82, 2.24) is 4.40 Å². The highest BCUT2D eigenvalue weighted by Gasteiger charge is 2.24. The number of aryl methyl sites for hydroxylation is 2. The molecule has 3 heterocycles. The van der Waals surface area contributed by atoms with Gasteiger partial charge in [0.05, 0.1) is 33.9 Å². The summed E-state index contributed by atoms with van der Waals surface area (Å²) < 4.78 is 19.2. The number of rotatable bonds is 0. The first-order valence-corrected chi connectivity index (χ1v) is 9.17. The molecule has 3 aromatic heterocycles. The fourth-order valence-electron chi connectivity index (χ4n) is 4.77. The lowest BCUT2D eigenvalue weighted by Gasteiger charge is -2.13. The summed E-state index contributed by atoms with van der Waals surface area (Å²) in [7, 11) is 2.04. The van der Waals surface area contributed by atoms with Crippen LogP contribution in [0, 0.1) is 19.3 Å². The second-order valence-corrected chi connectivity index (χ2v) is 7.44. The average molecular weight is 364 g/mol. The molecule has 6 rings (SSSR count). The predicted molar refractivity (Wildman–Crippen MR) is 111 cm³/mol. The zero-order valence-electron chi connectivity index (χ0n) is 15.4. The van der Waals surface area contributed by atoms with Gasteiger partial charge in [0.15, 0.2) is 11.9 Å². The van der Waals surface area contributed by atoms with Gasteiger partial charge in [0.1, 0.15) is 12.9 Å². The van der Waals surface area contributed by atoms with Crippen molar-refractivity contribution in [3.8, 4) is 0 Å². The van der Waals surface area contributed by atoms with E-state index in [0.29, 0.717) is 11.1 Å². The van der Waals surface area contributed by atoms with Crippen molar-refractivity contribution in [2.75, 3.05) is 0 Å². The van der Waals surface area contributed by atoms with E-state index in [1.807, 2.05) is 43.6 Å². The third kappa shape index (κ3) is 1.65. The Balaban J connectivity index is 2.15. The van der Waals surface area contributed by atoms with Gasteiger partial charge >= 0.3 is 0 Å². The summed E-state index contributed by atoms with van der Waals surface area (Å²) in [5, 5.41) is 4.79. The molecule has 0 N–H and O–H groups in total. The molecule has 0 bridgehead atoms. The van der Waals surface area contributed by atoms with Crippen LogP contribution in [0.1, 0.15) is 5.56 Å². The first-order chi connectivity index (χ1) is 13.6. The highest BCUT2D eigenvalue weighted by atomic mass is 19.1. The first kappa shape index (κ1) is 15.4. The lowest BCUT2D eigenvalue weighted by Crippen LogP contribution is -2.28. The summed E-state index contributed by atoms with van der Waals surface area (Å²) >= 11 is 0. The monoisotopic (exact) mass is 364 g/mol. The topological polar surface area (TPSA) is 12.7 Å². The Morgan fingerprint density at radius 2 is 1.86 bits per heavy atom. The van der Waals surface area contributed by atoms with Crippen molar-refractivity contribution in [1.29, 1.82) is 0 Å². The third-order valence-corrected chi connectivity index (χ3v) is 5.92. The molecular weight excluding hydrogens is 349 g/mol. The lowest BCUT2D eigenvalue weighted by atomic mass is 9.99. The van der Waals surface area contributed by atoms with Gasteiger partial charge in [-0.15, -0.1) is 0 Å². The molecule has 3 nitrogen and oxygen atoms in total. The van der Waals surface area contributed by atoms with Gasteiger partial charge in [-0.05, 0) is 42.1 Å². The van der Waals surface area contributed by atoms with Gasteiger partial charge in [-0.3, -0.25) is 0 Å². The van der Waals surface area contributed by atoms with E-state index in [9.17, 15) is 4.39 Å². The van der Waals surface area contributed by atoms with Gasteiger partial charge in [0.25, 0.3) is 0 Å². The van der Waals surface area contributed by atoms with Crippen LogP contribution in [-0.4, -0.2) is 4.40 Å². The van der Waals surface area contributed by atoms with Crippen LogP contribution in [0.5, 0.6) is 0 Å². The Kier molecular flexibility index (Phi) is 2.72. The van der Waals surface area contributed by atoms with Crippen molar-refractivity contribution >= 4 is 54.7 Å². The molecule has 0 aliphatic carbocycles. The molecule has 0 spiro atoms. The molecule has 6 aromatic rings. The molecule has 0 unspecified atom stereocenters. The minimum absolute atomic E-state index is 0.219. The van der Waals surface area contributed by atoms with Gasteiger partial charge in [-0.25, -0.2) is 13.8 Å². The first-order valence-electron chi connectivity index (χ1n) is 9.17. The Hall–Kier alpha value is -3.71. The molecule has 0 radical (unpaired) electrons. The number of halogens is 1. The number of pyridine rings is 2. The molecule has 0 aliphatic rings. The van der Waals surface area contributed by atoms with Crippen LogP contribution < -0.4 is 4.57 Å². The Morgan fingerprint density at radius 3 is 2.68 bits per heavy atom. The molecule has 0 saturated carbocycles. The number of nitrogens with zero attached hydrogens (tertiary/aromatic N) is 3. The molecule has 28 heavy (non-hydrogen) atoms. The van der Waals surface area contributed by atoms with Crippen LogP contribution in [0.15, 0.2) is 54.7 Å². The minimum atomic E-state index is -0.219. The van der Waals surface area contributed by atoms with E-state index in [-0.39, 0.29) is 5.82 Å². The largest absolute Gasteiger partial charge is 0.309 e. The zero-order chi connectivity index (χ0) is 19.2. The summed E-state index contributed by atoms with van der Waals surface area (Å²) in [6.07, 6.45) is 2.03. The molecular formula is C24H15FN3+. The standard InChI is InChI=1S/C24H15FN3/c1-13-7-8-16-22-17(25)5-4-6-18(22)28-19-12-15(26-2)11-14-9-10-27(3)24(21(14)19)20(13)23(16)28/h4-12H,1,3H3/q+1. The second kappa shape index (κ2) is 4.96. The molecule has 132 valence electrons. The van der Waals surface area contributed by atoms with Gasteiger partial charge in [-0.1, -0.05) is 18.2 Å². The molecule has 0 atom stereocenters. The van der Waals surface area contributed by atoms with Crippen LogP contribution in [0.2, 0.25) is 0 Å². The van der Waals surface area contributed by atoms with Crippen molar-refractivity contribution in [3.05, 3.63) is 77.5 Å². The van der Waals surface area contributed by atoms with Gasteiger partial charge < -0.3 is 4.40 Å². The van der Waals surface area contributed by atoms with E-state index < -0.39 is 0 Å². The van der Waals surface area contributed by atoms with Crippen molar-refractivity contribution in [3.63, 3.8) is 0 Å². The van der Waals surface area contributed by atoms with Crippen LogP contribution in [0.3, 0.4) is 0 Å². The summed E-state index contributed by atoms with van der Waals surface area (Å²) in [4.78, 5) is 3.68. The Morgan fingerprint density at radius 1 is 1.00 bits per heavy atom. The van der Waals surface area contributed by atoms with Crippen LogP contribution in [0.25, 0.3) is 53.8 Å². The maximum Gasteiger partial charge on any atom is 0.224 e. The van der Waals surface area contributed by atoms with E-state index in [4.69, 9.17) is 6.57 Å². The van der Waals surface area contributed by atoms with Crippen molar-refractivity contribution in [2.45, 2.75) is 6.92 Å². The Bertz CT molecular complexity index is 1650. The SMILES string of the molecule is [C-]#[N+]c1cc2cc[n+](C)c3c4c(C)ccc5c6c(F)cccc6n(c(c1)c23)c54. The summed E-state index contributed by atoms with van der Waals surface area (Å²) in [5.41, 5.74) is 5.64. The average Bonchev–Trinajstić information content (AvgIpc) is 3.04. The number of hydrogen-bond acceptors (Lipinski definition) is 0. The molecule has 0 amide bonds. The summed E-state index contributed by atoms with van der Waals surface area (Å²) in [6.45, 7) is 9.64. The van der Waals surface area contributed by atoms with Crippen LogP contribution in [0.4, 0.5) is 10.1 Å². The summed E-state index contributed by atoms with van der Waals surface area (Å²) in [5.74, 6) is -0.219. The number of benzene rings is 3. The van der Waals surface area contributed by atoms with E-state index in [1.54, 1.807) is 6.07 Å². The highest BCUT2D eigenvalue weighted by Crippen LogP contribution is 2.42. The number of aromatic nitrogens is 2. The predicted octanol–water partition coefficient (Wildman–Crippen LogP) is 5.81. The maximum absolute atomic E-state index is 14.9. The molecule has 0 saturated heterocycles. The fraction of sp³-hybridized carbons (Fsp3) is 0.0833. The maximum atomic E-state index is 14.9. The van der Waals surface area contributed by atoms with Crippen molar-refractivity contribution < 1.29 is 8.96 Å².